The van der Waals surface area contributed by atoms with Crippen LogP contribution in [0.5, 0.6) is 0 Å². The first-order valence-electron chi connectivity index (χ1n) is 9.45. The molecule has 0 unspecified atom stereocenters. The molecule has 0 spiro atoms. The number of hydrogen-bond acceptors (Lipinski definition) is 4. The summed E-state index contributed by atoms with van der Waals surface area (Å²) in [6.45, 7) is 4.31. The van der Waals surface area contributed by atoms with Crippen molar-refractivity contribution in [1.29, 1.82) is 0 Å². The summed E-state index contributed by atoms with van der Waals surface area (Å²) in [6, 6.07) is 6.60. The lowest BCUT2D eigenvalue weighted by molar-refractivity contribution is -0.132. The minimum atomic E-state index is -0.294. The maximum atomic E-state index is 13.5. The van der Waals surface area contributed by atoms with Gasteiger partial charge in [0.1, 0.15) is 16.5 Å². The van der Waals surface area contributed by atoms with Gasteiger partial charge < -0.3 is 9.88 Å². The van der Waals surface area contributed by atoms with Crippen molar-refractivity contribution in [3.63, 3.8) is 0 Å². The average molecular weight is 399 g/mol. The summed E-state index contributed by atoms with van der Waals surface area (Å²) < 4.78 is 13.5. The monoisotopic (exact) mass is 399 g/mol. The van der Waals surface area contributed by atoms with Crippen LogP contribution in [0.4, 0.5) is 4.39 Å². The largest absolute Gasteiger partial charge is 0.335 e. The number of halogens is 1. The third-order valence-corrected chi connectivity index (χ3v) is 6.31. The maximum absolute atomic E-state index is 13.5. The van der Waals surface area contributed by atoms with Crippen LogP contribution in [0.25, 0.3) is 10.2 Å². The normalized spacial score (nSPS) is 13.8. The van der Waals surface area contributed by atoms with E-state index in [1.807, 2.05) is 24.8 Å². The molecule has 1 aromatic carbocycles. The van der Waals surface area contributed by atoms with Crippen LogP contribution in [0.2, 0.25) is 0 Å². The zero-order valence-corrected chi connectivity index (χ0v) is 16.7. The number of thiophene rings is 1. The van der Waals surface area contributed by atoms with Crippen molar-refractivity contribution in [2.75, 3.05) is 0 Å². The van der Waals surface area contributed by atoms with E-state index in [-0.39, 0.29) is 29.7 Å². The van der Waals surface area contributed by atoms with Gasteiger partial charge in [-0.2, -0.15) is 0 Å². The van der Waals surface area contributed by atoms with Crippen molar-refractivity contribution in [2.24, 2.45) is 0 Å². The number of aromatic amines is 1. The Morgan fingerprint density at radius 3 is 2.86 bits per heavy atom. The number of benzene rings is 1. The molecule has 1 amide bonds. The Balaban J connectivity index is 1.48. The van der Waals surface area contributed by atoms with E-state index in [0.717, 1.165) is 33.7 Å². The van der Waals surface area contributed by atoms with Gasteiger partial charge in [-0.05, 0) is 49.9 Å². The number of nitrogens with zero attached hydrogens (tertiary/aromatic N) is 2. The zero-order valence-electron chi connectivity index (χ0n) is 15.9. The number of carbonyl (C=O) groups excluding carboxylic acids is 1. The molecule has 2 aromatic heterocycles. The van der Waals surface area contributed by atoms with E-state index in [2.05, 4.69) is 9.97 Å². The molecule has 3 aromatic rings. The Labute approximate surface area is 166 Å². The Bertz CT molecular complexity index is 1100. The second-order valence-corrected chi connectivity index (χ2v) is 8.56. The van der Waals surface area contributed by atoms with E-state index in [0.29, 0.717) is 24.2 Å². The highest BCUT2D eigenvalue weighted by Gasteiger charge is 2.32. The molecule has 4 rings (SSSR count). The standard InChI is InChI=1S/C21H22FN3O2S/c1-12-13(2)28-21-19(12)20(27)23-17(24-21)8-9-18(26)25(16-6-7-16)11-14-4-3-5-15(22)10-14/h3-5,10,16H,6-9,11H2,1-2H3,(H,23,24,27). The number of aryl methyl sites for hydroxylation is 3. The third-order valence-electron chi connectivity index (χ3n) is 5.21. The third kappa shape index (κ3) is 3.85. The molecule has 7 heteroatoms. The molecule has 1 aliphatic rings. The number of amides is 1. The molecule has 2 heterocycles. The summed E-state index contributed by atoms with van der Waals surface area (Å²) >= 11 is 1.50. The minimum Gasteiger partial charge on any atom is -0.335 e. The fraction of sp³-hybridized carbons (Fsp3) is 0.381. The highest BCUT2D eigenvalue weighted by Crippen LogP contribution is 2.29. The molecule has 1 N–H and O–H groups in total. The molecule has 0 saturated heterocycles. The SMILES string of the molecule is Cc1sc2nc(CCC(=O)N(Cc3cccc(F)c3)C3CC3)[nH]c(=O)c2c1C. The van der Waals surface area contributed by atoms with Gasteiger partial charge in [-0.15, -0.1) is 11.3 Å². The molecule has 1 saturated carbocycles. The number of hydrogen-bond donors (Lipinski definition) is 1. The molecule has 0 atom stereocenters. The summed E-state index contributed by atoms with van der Waals surface area (Å²) in [6.07, 6.45) is 2.61. The first-order chi connectivity index (χ1) is 13.4. The number of nitrogens with one attached hydrogen (secondary N) is 1. The second kappa shape index (κ2) is 7.47. The first kappa shape index (κ1) is 18.8. The molecule has 146 valence electrons. The minimum absolute atomic E-state index is 0.00745. The van der Waals surface area contributed by atoms with E-state index in [4.69, 9.17) is 0 Å². The molecular formula is C21H22FN3O2S. The Kier molecular flexibility index (Phi) is 5.02. The van der Waals surface area contributed by atoms with Crippen molar-refractivity contribution in [3.05, 3.63) is 62.3 Å². The van der Waals surface area contributed by atoms with Gasteiger partial charge in [0, 0.05) is 30.3 Å². The lowest BCUT2D eigenvalue weighted by Crippen LogP contribution is -2.33. The van der Waals surface area contributed by atoms with Crippen LogP contribution < -0.4 is 5.56 Å². The quantitative estimate of drug-likeness (QED) is 0.684. The lowest BCUT2D eigenvalue weighted by atomic mass is 10.2. The Morgan fingerprint density at radius 1 is 1.36 bits per heavy atom. The van der Waals surface area contributed by atoms with E-state index in [1.54, 1.807) is 6.07 Å². The Morgan fingerprint density at radius 2 is 2.14 bits per heavy atom. The van der Waals surface area contributed by atoms with Gasteiger partial charge in [-0.25, -0.2) is 9.37 Å². The number of carbonyl (C=O) groups is 1. The number of H-pyrrole nitrogens is 1. The molecule has 0 aliphatic heterocycles. The number of fused-ring (bicyclic) bond motifs is 1. The van der Waals surface area contributed by atoms with Gasteiger partial charge in [-0.1, -0.05) is 12.1 Å². The predicted molar refractivity (Wildman–Crippen MR) is 108 cm³/mol. The summed E-state index contributed by atoms with van der Waals surface area (Å²) in [5.74, 6) is 0.249. The topological polar surface area (TPSA) is 66.1 Å². The van der Waals surface area contributed by atoms with Crippen LogP contribution >= 0.6 is 11.3 Å². The lowest BCUT2D eigenvalue weighted by Gasteiger charge is -2.22. The highest BCUT2D eigenvalue weighted by molar-refractivity contribution is 7.18. The van der Waals surface area contributed by atoms with E-state index < -0.39 is 0 Å². The van der Waals surface area contributed by atoms with Gasteiger partial charge in [0.25, 0.3) is 5.56 Å². The molecule has 1 aliphatic carbocycles. The van der Waals surface area contributed by atoms with Gasteiger partial charge in [0.05, 0.1) is 5.39 Å². The summed E-state index contributed by atoms with van der Waals surface area (Å²) in [7, 11) is 0. The van der Waals surface area contributed by atoms with Gasteiger partial charge >= 0.3 is 0 Å². The molecular weight excluding hydrogens is 377 g/mol. The summed E-state index contributed by atoms with van der Waals surface area (Å²) in [5, 5.41) is 0.642. The van der Waals surface area contributed by atoms with E-state index in [9.17, 15) is 14.0 Å². The second-order valence-electron chi connectivity index (χ2n) is 7.36. The summed E-state index contributed by atoms with van der Waals surface area (Å²) in [5.41, 5.74) is 1.61. The van der Waals surface area contributed by atoms with Gasteiger partial charge in [-0.3, -0.25) is 9.59 Å². The smallest absolute Gasteiger partial charge is 0.259 e. The van der Waals surface area contributed by atoms with Crippen molar-refractivity contribution in [2.45, 2.75) is 52.1 Å². The van der Waals surface area contributed by atoms with Gasteiger partial charge in [0.2, 0.25) is 5.91 Å². The van der Waals surface area contributed by atoms with E-state index >= 15 is 0 Å². The molecule has 1 fully saturated rings. The number of rotatable bonds is 6. The van der Waals surface area contributed by atoms with Crippen LogP contribution in [0, 0.1) is 19.7 Å². The van der Waals surface area contributed by atoms with Crippen LogP contribution in [-0.2, 0) is 17.8 Å². The molecule has 0 bridgehead atoms. The van der Waals surface area contributed by atoms with E-state index in [1.165, 1.54) is 23.5 Å². The van der Waals surface area contributed by atoms with Crippen LogP contribution in [0.15, 0.2) is 29.1 Å². The Hall–Kier alpha value is -2.54. The highest BCUT2D eigenvalue weighted by atomic mass is 32.1. The fourth-order valence-corrected chi connectivity index (χ4v) is 4.47. The average Bonchev–Trinajstić information content (AvgIpc) is 3.44. The van der Waals surface area contributed by atoms with Crippen LogP contribution in [-0.4, -0.2) is 26.8 Å². The van der Waals surface area contributed by atoms with Crippen LogP contribution in [0.3, 0.4) is 0 Å². The fourth-order valence-electron chi connectivity index (χ4n) is 3.43. The van der Waals surface area contributed by atoms with Crippen LogP contribution in [0.1, 0.15) is 41.1 Å². The van der Waals surface area contributed by atoms with Crippen molar-refractivity contribution in [3.8, 4) is 0 Å². The van der Waals surface area contributed by atoms with Crippen molar-refractivity contribution in [1.82, 2.24) is 14.9 Å². The molecule has 5 nitrogen and oxygen atoms in total. The van der Waals surface area contributed by atoms with Crippen molar-refractivity contribution < 1.29 is 9.18 Å². The zero-order chi connectivity index (χ0) is 19.8. The maximum Gasteiger partial charge on any atom is 0.259 e. The predicted octanol–water partition coefficient (Wildman–Crippen LogP) is 3.86. The molecule has 0 radical (unpaired) electrons. The van der Waals surface area contributed by atoms with Crippen molar-refractivity contribution >= 4 is 27.5 Å². The van der Waals surface area contributed by atoms with Gasteiger partial charge in [0.15, 0.2) is 0 Å². The molecule has 28 heavy (non-hydrogen) atoms. The number of aromatic nitrogens is 2. The first-order valence-corrected chi connectivity index (χ1v) is 10.3. The summed E-state index contributed by atoms with van der Waals surface area (Å²) in [4.78, 5) is 36.2.